The van der Waals surface area contributed by atoms with E-state index in [2.05, 4.69) is 13.5 Å². The Labute approximate surface area is 74.5 Å². The lowest BCUT2D eigenvalue weighted by Gasteiger charge is -2.32. The summed E-state index contributed by atoms with van der Waals surface area (Å²) in [7, 11) is 0. The fourth-order valence-electron chi connectivity index (χ4n) is 1.86. The molecule has 0 radical (unpaired) electrons. The number of hydrogen-bond acceptors (Lipinski definition) is 2. The van der Waals surface area contributed by atoms with Crippen LogP contribution in [0.15, 0.2) is 12.2 Å². The van der Waals surface area contributed by atoms with Crippen LogP contribution >= 0.6 is 0 Å². The van der Waals surface area contributed by atoms with E-state index >= 15 is 0 Å². The van der Waals surface area contributed by atoms with Gasteiger partial charge in [-0.2, -0.15) is 0 Å². The predicted molar refractivity (Wildman–Crippen MR) is 50.7 cm³/mol. The summed E-state index contributed by atoms with van der Waals surface area (Å²) in [4.78, 5) is 0. The number of aliphatic hydroxyl groups is 1. The smallest absolute Gasteiger partial charge is 0.0641 e. The van der Waals surface area contributed by atoms with Crippen LogP contribution in [0.1, 0.15) is 26.2 Å². The molecular weight excluding hydrogens is 150 g/mol. The second kappa shape index (κ2) is 4.06. The van der Waals surface area contributed by atoms with Crippen molar-refractivity contribution >= 4 is 0 Å². The highest BCUT2D eigenvalue weighted by Crippen LogP contribution is 2.31. The topological polar surface area (TPSA) is 46.2 Å². The standard InChI is InChI=1S/C10H19NO/c1-7-3-4-9(5-10(7)11)8(2)6-12/h7,9-10,12H,2-6,11H2,1H3. The summed E-state index contributed by atoms with van der Waals surface area (Å²) >= 11 is 0. The fraction of sp³-hybridized carbons (Fsp3) is 0.800. The van der Waals surface area contributed by atoms with Crippen molar-refractivity contribution in [1.29, 1.82) is 0 Å². The Morgan fingerprint density at radius 3 is 2.75 bits per heavy atom. The van der Waals surface area contributed by atoms with E-state index in [0.717, 1.165) is 18.4 Å². The van der Waals surface area contributed by atoms with Crippen molar-refractivity contribution in [1.82, 2.24) is 0 Å². The van der Waals surface area contributed by atoms with Crippen LogP contribution in [0.25, 0.3) is 0 Å². The first-order valence-corrected chi connectivity index (χ1v) is 4.69. The van der Waals surface area contributed by atoms with E-state index in [0.29, 0.717) is 17.9 Å². The molecule has 0 aromatic rings. The number of nitrogens with two attached hydrogens (primary N) is 1. The van der Waals surface area contributed by atoms with E-state index in [1.807, 2.05) is 0 Å². The maximum absolute atomic E-state index is 8.90. The monoisotopic (exact) mass is 169 g/mol. The molecule has 1 saturated carbocycles. The van der Waals surface area contributed by atoms with Gasteiger partial charge in [0.15, 0.2) is 0 Å². The van der Waals surface area contributed by atoms with Crippen molar-refractivity contribution in [2.75, 3.05) is 6.61 Å². The van der Waals surface area contributed by atoms with Gasteiger partial charge in [-0.25, -0.2) is 0 Å². The minimum atomic E-state index is 0.117. The lowest BCUT2D eigenvalue weighted by Crippen LogP contribution is -2.35. The van der Waals surface area contributed by atoms with Crippen molar-refractivity contribution < 1.29 is 5.11 Å². The van der Waals surface area contributed by atoms with Crippen LogP contribution in [-0.2, 0) is 0 Å². The predicted octanol–water partition coefficient (Wildman–Crippen LogP) is 1.30. The van der Waals surface area contributed by atoms with Gasteiger partial charge in [-0.3, -0.25) is 0 Å². The molecule has 0 aliphatic heterocycles. The minimum absolute atomic E-state index is 0.117. The third-order valence-corrected chi connectivity index (χ3v) is 3.04. The molecule has 70 valence electrons. The van der Waals surface area contributed by atoms with Gasteiger partial charge in [0.25, 0.3) is 0 Å². The second-order valence-corrected chi connectivity index (χ2v) is 3.97. The Balaban J connectivity index is 2.45. The van der Waals surface area contributed by atoms with Crippen LogP contribution in [-0.4, -0.2) is 17.8 Å². The molecule has 12 heavy (non-hydrogen) atoms. The van der Waals surface area contributed by atoms with Crippen LogP contribution in [0.5, 0.6) is 0 Å². The largest absolute Gasteiger partial charge is 0.392 e. The van der Waals surface area contributed by atoms with Gasteiger partial charge in [0, 0.05) is 6.04 Å². The van der Waals surface area contributed by atoms with E-state index in [4.69, 9.17) is 10.8 Å². The molecule has 2 heteroatoms. The molecule has 0 saturated heterocycles. The molecule has 0 aromatic carbocycles. The fourth-order valence-corrected chi connectivity index (χ4v) is 1.86. The van der Waals surface area contributed by atoms with Gasteiger partial charge < -0.3 is 10.8 Å². The molecule has 0 heterocycles. The molecular formula is C10H19NO. The molecule has 3 atom stereocenters. The molecule has 0 bridgehead atoms. The first-order chi connectivity index (χ1) is 5.65. The Bertz CT molecular complexity index is 167. The highest BCUT2D eigenvalue weighted by molar-refractivity contribution is 5.03. The SMILES string of the molecule is C=C(CO)C1CCC(C)C(N)C1. The molecule has 3 N–H and O–H groups in total. The molecule has 0 amide bonds. The Kier molecular flexibility index (Phi) is 3.29. The molecule has 1 fully saturated rings. The summed E-state index contributed by atoms with van der Waals surface area (Å²) in [5.41, 5.74) is 6.89. The van der Waals surface area contributed by atoms with E-state index in [-0.39, 0.29) is 6.61 Å². The molecule has 3 unspecified atom stereocenters. The summed E-state index contributed by atoms with van der Waals surface area (Å²) < 4.78 is 0. The zero-order chi connectivity index (χ0) is 9.14. The van der Waals surface area contributed by atoms with Gasteiger partial charge in [-0.1, -0.05) is 13.5 Å². The molecule has 0 spiro atoms. The van der Waals surface area contributed by atoms with E-state index < -0.39 is 0 Å². The first kappa shape index (κ1) is 9.75. The van der Waals surface area contributed by atoms with E-state index in [1.54, 1.807) is 0 Å². The van der Waals surface area contributed by atoms with Gasteiger partial charge in [0.05, 0.1) is 6.61 Å². The molecule has 1 aliphatic rings. The van der Waals surface area contributed by atoms with E-state index in [1.165, 1.54) is 6.42 Å². The summed E-state index contributed by atoms with van der Waals surface area (Å²) in [6.07, 6.45) is 3.32. The molecule has 2 nitrogen and oxygen atoms in total. The summed E-state index contributed by atoms with van der Waals surface area (Å²) in [6.45, 7) is 6.16. The zero-order valence-electron chi connectivity index (χ0n) is 7.79. The minimum Gasteiger partial charge on any atom is -0.392 e. The van der Waals surface area contributed by atoms with Gasteiger partial charge in [-0.15, -0.1) is 0 Å². The van der Waals surface area contributed by atoms with Crippen LogP contribution in [0.2, 0.25) is 0 Å². The summed E-state index contributed by atoms with van der Waals surface area (Å²) in [5.74, 6) is 1.09. The highest BCUT2D eigenvalue weighted by Gasteiger charge is 2.25. The lowest BCUT2D eigenvalue weighted by atomic mass is 9.77. The quantitative estimate of drug-likeness (QED) is 0.612. The van der Waals surface area contributed by atoms with Crippen LogP contribution in [0.4, 0.5) is 0 Å². The van der Waals surface area contributed by atoms with Crippen LogP contribution < -0.4 is 5.73 Å². The van der Waals surface area contributed by atoms with Crippen molar-refractivity contribution in [2.45, 2.75) is 32.2 Å². The average molecular weight is 169 g/mol. The Morgan fingerprint density at radius 1 is 1.58 bits per heavy atom. The van der Waals surface area contributed by atoms with Crippen molar-refractivity contribution in [3.63, 3.8) is 0 Å². The third-order valence-electron chi connectivity index (χ3n) is 3.04. The Hall–Kier alpha value is -0.340. The van der Waals surface area contributed by atoms with Crippen molar-refractivity contribution in [3.05, 3.63) is 12.2 Å². The van der Waals surface area contributed by atoms with Crippen molar-refractivity contribution in [3.8, 4) is 0 Å². The average Bonchev–Trinajstić information content (AvgIpc) is 2.08. The number of rotatable bonds is 2. The van der Waals surface area contributed by atoms with Gasteiger partial charge in [0.2, 0.25) is 0 Å². The molecule has 1 aliphatic carbocycles. The number of aliphatic hydroxyl groups excluding tert-OH is 1. The zero-order valence-corrected chi connectivity index (χ0v) is 7.79. The summed E-state index contributed by atoms with van der Waals surface area (Å²) in [6, 6.07) is 0.298. The molecule has 1 rings (SSSR count). The highest BCUT2D eigenvalue weighted by atomic mass is 16.3. The lowest BCUT2D eigenvalue weighted by molar-refractivity contribution is 0.247. The van der Waals surface area contributed by atoms with Crippen LogP contribution in [0.3, 0.4) is 0 Å². The Morgan fingerprint density at radius 2 is 2.25 bits per heavy atom. The first-order valence-electron chi connectivity index (χ1n) is 4.69. The maximum atomic E-state index is 8.90. The molecule has 0 aromatic heterocycles. The number of hydrogen-bond donors (Lipinski definition) is 2. The summed E-state index contributed by atoms with van der Waals surface area (Å²) in [5, 5.41) is 8.90. The van der Waals surface area contributed by atoms with Crippen LogP contribution in [0, 0.1) is 11.8 Å². The third kappa shape index (κ3) is 2.08. The van der Waals surface area contributed by atoms with Crippen molar-refractivity contribution in [2.24, 2.45) is 17.6 Å². The maximum Gasteiger partial charge on any atom is 0.0641 e. The second-order valence-electron chi connectivity index (χ2n) is 3.97. The normalized spacial score (nSPS) is 36.4. The van der Waals surface area contributed by atoms with Gasteiger partial charge >= 0.3 is 0 Å². The van der Waals surface area contributed by atoms with Gasteiger partial charge in [-0.05, 0) is 36.7 Å². The van der Waals surface area contributed by atoms with E-state index in [9.17, 15) is 0 Å². The van der Waals surface area contributed by atoms with Gasteiger partial charge in [0.1, 0.15) is 0 Å².